The number of hydrogen-bond donors (Lipinski definition) is 0. The number of tetrazole rings is 1. The van der Waals surface area contributed by atoms with E-state index in [0.29, 0.717) is 18.9 Å². The lowest BCUT2D eigenvalue weighted by atomic mass is 10.1. The van der Waals surface area contributed by atoms with Crippen LogP contribution in [-0.2, 0) is 17.8 Å². The topological polar surface area (TPSA) is 67.2 Å². The first kappa shape index (κ1) is 19.4. The van der Waals surface area contributed by atoms with E-state index in [4.69, 9.17) is 11.6 Å². The number of carbonyl (C=O) groups excluding carboxylic acids is 1. The molecular formula is C21H23ClN6O. The van der Waals surface area contributed by atoms with Crippen LogP contribution in [0.4, 0.5) is 5.69 Å². The number of nitrogens with zero attached hydrogens (tertiary/aromatic N) is 6. The van der Waals surface area contributed by atoms with Crippen LogP contribution in [0.2, 0.25) is 5.02 Å². The van der Waals surface area contributed by atoms with Crippen LogP contribution >= 0.6 is 11.6 Å². The fraction of sp³-hybridized carbons (Fsp3) is 0.333. The summed E-state index contributed by atoms with van der Waals surface area (Å²) < 4.78 is 0. The molecule has 1 fully saturated rings. The first-order valence-electron chi connectivity index (χ1n) is 9.78. The monoisotopic (exact) mass is 410 g/mol. The Morgan fingerprint density at radius 1 is 1.03 bits per heavy atom. The molecule has 2 aromatic carbocycles. The first-order chi connectivity index (χ1) is 14.1. The quantitative estimate of drug-likeness (QED) is 0.647. The summed E-state index contributed by atoms with van der Waals surface area (Å²) in [5.41, 5.74) is 3.17. The lowest BCUT2D eigenvalue weighted by Gasteiger charge is -2.36. The highest BCUT2D eigenvalue weighted by Crippen LogP contribution is 2.26. The molecule has 1 aliphatic rings. The normalized spacial score (nSPS) is 14.3. The maximum Gasteiger partial charge on any atom is 0.246 e. The van der Waals surface area contributed by atoms with E-state index < -0.39 is 0 Å². The van der Waals surface area contributed by atoms with Gasteiger partial charge < -0.3 is 9.80 Å². The zero-order valence-corrected chi connectivity index (χ0v) is 17.1. The smallest absolute Gasteiger partial charge is 0.246 e. The average Bonchev–Trinajstić information content (AvgIpc) is 3.23. The Balaban J connectivity index is 1.34. The molecule has 0 N–H and O–H groups in total. The molecule has 0 spiro atoms. The Morgan fingerprint density at radius 2 is 1.76 bits per heavy atom. The molecule has 1 aromatic heterocycles. The van der Waals surface area contributed by atoms with Gasteiger partial charge in [-0.15, -0.1) is 10.2 Å². The third kappa shape index (κ3) is 4.40. The van der Waals surface area contributed by atoms with Gasteiger partial charge in [-0.05, 0) is 29.3 Å². The second-order valence-electron chi connectivity index (χ2n) is 7.01. The van der Waals surface area contributed by atoms with Crippen LogP contribution in [0.5, 0.6) is 0 Å². The fourth-order valence-electron chi connectivity index (χ4n) is 3.44. The maximum absolute atomic E-state index is 12.7. The summed E-state index contributed by atoms with van der Waals surface area (Å²) in [4.78, 5) is 18.1. The molecule has 0 bridgehead atoms. The number of aromatic nitrogens is 4. The van der Waals surface area contributed by atoms with E-state index in [2.05, 4.69) is 39.4 Å². The third-order valence-electron chi connectivity index (χ3n) is 5.18. The Morgan fingerprint density at radius 3 is 2.45 bits per heavy atom. The molecule has 0 aliphatic carbocycles. The van der Waals surface area contributed by atoms with E-state index in [1.54, 1.807) is 0 Å². The highest BCUT2D eigenvalue weighted by molar-refractivity contribution is 6.33. The Bertz CT molecular complexity index is 979. The van der Waals surface area contributed by atoms with Crippen molar-refractivity contribution in [1.82, 2.24) is 25.1 Å². The predicted octanol–water partition coefficient (Wildman–Crippen LogP) is 2.90. The predicted molar refractivity (Wildman–Crippen MR) is 113 cm³/mol. The Labute approximate surface area is 174 Å². The molecule has 3 aromatic rings. The molecule has 150 valence electrons. The Kier molecular flexibility index (Phi) is 5.76. The summed E-state index contributed by atoms with van der Waals surface area (Å²) in [6, 6.07) is 15.9. The molecule has 2 heterocycles. The van der Waals surface area contributed by atoms with Crippen molar-refractivity contribution < 1.29 is 4.79 Å². The highest BCUT2D eigenvalue weighted by atomic mass is 35.5. The molecule has 7 nitrogen and oxygen atoms in total. The van der Waals surface area contributed by atoms with Crippen LogP contribution in [0.25, 0.3) is 11.4 Å². The van der Waals surface area contributed by atoms with Crippen molar-refractivity contribution in [2.45, 2.75) is 19.9 Å². The van der Waals surface area contributed by atoms with Gasteiger partial charge in [0.05, 0.1) is 10.7 Å². The van der Waals surface area contributed by atoms with Crippen molar-refractivity contribution in [2.24, 2.45) is 0 Å². The molecule has 0 saturated carbocycles. The summed E-state index contributed by atoms with van der Waals surface area (Å²) in [6.07, 6.45) is 0.985. The van der Waals surface area contributed by atoms with Gasteiger partial charge in [0, 0.05) is 31.7 Å². The summed E-state index contributed by atoms with van der Waals surface area (Å²) in [5, 5.41) is 13.2. The van der Waals surface area contributed by atoms with Crippen molar-refractivity contribution >= 4 is 23.2 Å². The molecule has 4 rings (SSSR count). The molecule has 1 amide bonds. The first-order valence-corrected chi connectivity index (χ1v) is 10.2. The minimum absolute atomic E-state index is 0.00547. The van der Waals surface area contributed by atoms with Gasteiger partial charge in [0.2, 0.25) is 11.7 Å². The van der Waals surface area contributed by atoms with Crippen LogP contribution in [0, 0.1) is 0 Å². The molecule has 29 heavy (non-hydrogen) atoms. The molecule has 8 heteroatoms. The van der Waals surface area contributed by atoms with Crippen LogP contribution in [0.1, 0.15) is 12.5 Å². The van der Waals surface area contributed by atoms with Crippen molar-refractivity contribution in [2.75, 3.05) is 31.1 Å². The third-order valence-corrected chi connectivity index (χ3v) is 5.50. The van der Waals surface area contributed by atoms with Crippen LogP contribution in [0.15, 0.2) is 48.5 Å². The van der Waals surface area contributed by atoms with E-state index in [1.165, 1.54) is 10.4 Å². The highest BCUT2D eigenvalue weighted by Gasteiger charge is 2.23. The van der Waals surface area contributed by atoms with Gasteiger partial charge in [0.1, 0.15) is 6.54 Å². The molecule has 0 atom stereocenters. The van der Waals surface area contributed by atoms with E-state index in [0.717, 1.165) is 35.8 Å². The number of aryl methyl sites for hydroxylation is 1. The molecule has 1 aliphatic heterocycles. The molecule has 0 unspecified atom stereocenters. The second-order valence-corrected chi connectivity index (χ2v) is 7.42. The van der Waals surface area contributed by atoms with E-state index in [-0.39, 0.29) is 12.5 Å². The molecule has 0 radical (unpaired) electrons. The average molecular weight is 411 g/mol. The summed E-state index contributed by atoms with van der Waals surface area (Å²) in [5.74, 6) is 0.526. The number of hydrogen-bond acceptors (Lipinski definition) is 5. The standard InChI is InChI=1S/C21H23ClN6O/c1-2-16-7-9-17(10-8-16)21-23-25-28(24-21)15-20(29)27-13-11-26(12-14-27)19-6-4-3-5-18(19)22/h3-10H,2,11-15H2,1H3. The van der Waals surface area contributed by atoms with E-state index in [1.807, 2.05) is 41.3 Å². The summed E-state index contributed by atoms with van der Waals surface area (Å²) in [7, 11) is 0. The summed E-state index contributed by atoms with van der Waals surface area (Å²) in [6.45, 7) is 4.98. The van der Waals surface area contributed by atoms with Gasteiger partial charge in [-0.2, -0.15) is 4.80 Å². The van der Waals surface area contributed by atoms with Gasteiger partial charge in [0.15, 0.2) is 0 Å². The van der Waals surface area contributed by atoms with Gasteiger partial charge in [-0.3, -0.25) is 4.79 Å². The van der Waals surface area contributed by atoms with E-state index in [9.17, 15) is 4.79 Å². The number of carbonyl (C=O) groups is 1. The van der Waals surface area contributed by atoms with Gasteiger partial charge in [-0.1, -0.05) is 54.9 Å². The number of halogens is 1. The lowest BCUT2D eigenvalue weighted by molar-refractivity contribution is -0.132. The number of piperazine rings is 1. The minimum Gasteiger partial charge on any atom is -0.367 e. The lowest BCUT2D eigenvalue weighted by Crippen LogP contribution is -2.49. The number of amides is 1. The van der Waals surface area contributed by atoms with Crippen molar-refractivity contribution in [3.05, 3.63) is 59.1 Å². The second kappa shape index (κ2) is 8.61. The Hall–Kier alpha value is -2.93. The van der Waals surface area contributed by atoms with Crippen LogP contribution < -0.4 is 4.90 Å². The molecular weight excluding hydrogens is 388 g/mol. The van der Waals surface area contributed by atoms with E-state index >= 15 is 0 Å². The van der Waals surface area contributed by atoms with Gasteiger partial charge in [-0.25, -0.2) is 0 Å². The zero-order valence-electron chi connectivity index (χ0n) is 16.3. The minimum atomic E-state index is -0.00547. The SMILES string of the molecule is CCc1ccc(-c2nnn(CC(=O)N3CCN(c4ccccc4Cl)CC3)n2)cc1. The zero-order chi connectivity index (χ0) is 20.2. The summed E-state index contributed by atoms with van der Waals surface area (Å²) >= 11 is 6.28. The van der Waals surface area contributed by atoms with Gasteiger partial charge >= 0.3 is 0 Å². The number of rotatable bonds is 5. The number of anilines is 1. The number of para-hydroxylation sites is 1. The van der Waals surface area contributed by atoms with Crippen LogP contribution in [-0.4, -0.2) is 57.2 Å². The van der Waals surface area contributed by atoms with Gasteiger partial charge in [0.25, 0.3) is 0 Å². The van der Waals surface area contributed by atoms with Crippen LogP contribution in [0.3, 0.4) is 0 Å². The van der Waals surface area contributed by atoms with Crippen molar-refractivity contribution in [3.63, 3.8) is 0 Å². The van der Waals surface area contributed by atoms with Crippen molar-refractivity contribution in [3.8, 4) is 11.4 Å². The molecule has 1 saturated heterocycles. The largest absolute Gasteiger partial charge is 0.367 e. The maximum atomic E-state index is 12.7. The fourth-order valence-corrected chi connectivity index (χ4v) is 3.70. The number of benzene rings is 2. The van der Waals surface area contributed by atoms with Crippen molar-refractivity contribution in [1.29, 1.82) is 0 Å².